The summed E-state index contributed by atoms with van der Waals surface area (Å²) in [5, 5.41) is 10.9. The quantitative estimate of drug-likeness (QED) is 0.684. The summed E-state index contributed by atoms with van der Waals surface area (Å²) in [6.07, 6.45) is 4.96. The summed E-state index contributed by atoms with van der Waals surface area (Å²) in [6.45, 7) is 0.0389. The van der Waals surface area contributed by atoms with Crippen LogP contribution in [0, 0.1) is 12.3 Å². The second-order valence-corrected chi connectivity index (χ2v) is 6.89. The van der Waals surface area contributed by atoms with E-state index in [-0.39, 0.29) is 18.7 Å². The van der Waals surface area contributed by atoms with Crippen LogP contribution in [0.5, 0.6) is 0 Å². The molecule has 1 amide bonds. The summed E-state index contributed by atoms with van der Waals surface area (Å²) in [5.41, 5.74) is -0.965. The number of rotatable bonds is 4. The van der Waals surface area contributed by atoms with E-state index in [0.29, 0.717) is 20.5 Å². The van der Waals surface area contributed by atoms with Gasteiger partial charge in [-0.05, 0) is 18.2 Å². The van der Waals surface area contributed by atoms with Crippen molar-refractivity contribution in [2.45, 2.75) is 12.0 Å². The summed E-state index contributed by atoms with van der Waals surface area (Å²) in [7, 11) is 0. The average molecular weight is 346 g/mol. The minimum absolute atomic E-state index is 0.0389. The number of Topliss-reactive ketones (excluding diaryl/α,β-unsaturated/α-hetero) is 1. The number of benzene rings is 1. The molecule has 1 aliphatic rings. The fourth-order valence-corrected chi connectivity index (χ4v) is 3.69. The van der Waals surface area contributed by atoms with Crippen molar-refractivity contribution in [2.75, 3.05) is 11.4 Å². The molecule has 1 atom stereocenters. The molecule has 1 N–H and O–H groups in total. The first-order chi connectivity index (χ1) is 11.0. The monoisotopic (exact) mass is 345 g/mol. The van der Waals surface area contributed by atoms with Crippen molar-refractivity contribution in [3.05, 3.63) is 51.2 Å². The molecule has 0 saturated carbocycles. The molecule has 23 heavy (non-hydrogen) atoms. The zero-order valence-electron chi connectivity index (χ0n) is 12.0. The lowest BCUT2D eigenvalue weighted by molar-refractivity contribution is -0.135. The number of aliphatic hydroxyl groups is 1. The maximum absolute atomic E-state index is 12.7. The molecule has 3 rings (SSSR count). The summed E-state index contributed by atoms with van der Waals surface area (Å²) < 4.78 is 0.479. The van der Waals surface area contributed by atoms with E-state index in [9.17, 15) is 14.7 Å². The van der Waals surface area contributed by atoms with E-state index in [1.54, 1.807) is 36.4 Å². The van der Waals surface area contributed by atoms with Crippen molar-refractivity contribution in [2.24, 2.45) is 0 Å². The SMILES string of the molecule is C#CCN1C(=O)C(O)(CC(=O)c2ccc(Cl)s2)c2ccccc21. The lowest BCUT2D eigenvalue weighted by Crippen LogP contribution is -2.41. The van der Waals surface area contributed by atoms with Crippen LogP contribution < -0.4 is 4.90 Å². The van der Waals surface area contributed by atoms with E-state index >= 15 is 0 Å². The third-order valence-electron chi connectivity index (χ3n) is 3.75. The third kappa shape index (κ3) is 2.55. The minimum Gasteiger partial charge on any atom is -0.375 e. The van der Waals surface area contributed by atoms with E-state index in [2.05, 4.69) is 5.92 Å². The molecule has 6 heteroatoms. The van der Waals surface area contributed by atoms with Crippen molar-refractivity contribution in [3.63, 3.8) is 0 Å². The minimum atomic E-state index is -1.90. The number of hydrogen-bond acceptors (Lipinski definition) is 4. The molecule has 1 aromatic carbocycles. The molecular weight excluding hydrogens is 334 g/mol. The van der Waals surface area contributed by atoms with Gasteiger partial charge in [-0.3, -0.25) is 14.5 Å². The molecule has 0 bridgehead atoms. The van der Waals surface area contributed by atoms with Crippen molar-refractivity contribution >= 4 is 40.3 Å². The number of fused-ring (bicyclic) bond motifs is 1. The lowest BCUT2D eigenvalue weighted by atomic mass is 9.89. The lowest BCUT2D eigenvalue weighted by Gasteiger charge is -2.21. The van der Waals surface area contributed by atoms with Gasteiger partial charge in [-0.1, -0.05) is 35.7 Å². The fourth-order valence-electron chi connectivity index (χ4n) is 2.71. The standard InChI is InChI=1S/C17H12ClNO3S/c1-2-9-19-12-6-4-3-5-11(12)17(22,16(19)21)10-13(20)14-7-8-15(18)23-14/h1,3-8,22H,9-10H2. The summed E-state index contributed by atoms with van der Waals surface area (Å²) in [4.78, 5) is 26.8. The van der Waals surface area contributed by atoms with Gasteiger partial charge in [-0.15, -0.1) is 17.8 Å². The zero-order valence-corrected chi connectivity index (χ0v) is 13.5. The molecule has 0 spiro atoms. The molecule has 1 aliphatic heterocycles. The van der Waals surface area contributed by atoms with Crippen LogP contribution in [0.4, 0.5) is 5.69 Å². The van der Waals surface area contributed by atoms with Crippen LogP contribution in [0.3, 0.4) is 0 Å². The molecule has 0 aliphatic carbocycles. The van der Waals surface area contributed by atoms with Crippen LogP contribution in [0.1, 0.15) is 21.7 Å². The molecule has 2 heterocycles. The summed E-state index contributed by atoms with van der Waals surface area (Å²) in [6, 6.07) is 10.0. The van der Waals surface area contributed by atoms with Gasteiger partial charge in [0.15, 0.2) is 11.4 Å². The third-order valence-corrected chi connectivity index (χ3v) is 5.03. The number of halogens is 1. The number of amides is 1. The van der Waals surface area contributed by atoms with Gasteiger partial charge in [0.2, 0.25) is 0 Å². The maximum Gasteiger partial charge on any atom is 0.265 e. The molecule has 1 unspecified atom stereocenters. The van der Waals surface area contributed by atoms with E-state index < -0.39 is 11.5 Å². The Kier molecular flexibility index (Phi) is 3.99. The number of carbonyl (C=O) groups is 2. The number of hydrogen-bond donors (Lipinski definition) is 1. The van der Waals surface area contributed by atoms with Crippen molar-refractivity contribution < 1.29 is 14.7 Å². The Hall–Kier alpha value is -2.13. The topological polar surface area (TPSA) is 57.6 Å². The van der Waals surface area contributed by atoms with E-state index in [1.807, 2.05) is 0 Å². The van der Waals surface area contributed by atoms with E-state index in [1.165, 1.54) is 4.90 Å². The highest BCUT2D eigenvalue weighted by Gasteiger charge is 2.50. The number of ketones is 1. The Morgan fingerprint density at radius 3 is 2.74 bits per heavy atom. The van der Waals surface area contributed by atoms with Gasteiger partial charge in [-0.2, -0.15) is 0 Å². The van der Waals surface area contributed by atoms with Gasteiger partial charge in [0.05, 0.1) is 27.9 Å². The molecule has 0 radical (unpaired) electrons. The van der Waals surface area contributed by atoms with Crippen LogP contribution in [0.2, 0.25) is 4.34 Å². The number of terminal acetylenes is 1. The molecular formula is C17H12ClNO3S. The van der Waals surface area contributed by atoms with Crippen LogP contribution in [0.15, 0.2) is 36.4 Å². The second kappa shape index (κ2) is 5.82. The van der Waals surface area contributed by atoms with Crippen LogP contribution in [-0.2, 0) is 10.4 Å². The maximum atomic E-state index is 12.7. The molecule has 0 fully saturated rings. The average Bonchev–Trinajstić information content (AvgIpc) is 3.05. The number of para-hydroxylation sites is 1. The molecule has 0 saturated heterocycles. The summed E-state index contributed by atoms with van der Waals surface area (Å²) >= 11 is 6.96. The highest BCUT2D eigenvalue weighted by Crippen LogP contribution is 2.43. The first-order valence-electron chi connectivity index (χ1n) is 6.83. The summed E-state index contributed by atoms with van der Waals surface area (Å²) in [5.74, 6) is 1.49. The van der Waals surface area contributed by atoms with Gasteiger partial charge in [-0.25, -0.2) is 0 Å². The van der Waals surface area contributed by atoms with Gasteiger partial charge < -0.3 is 5.11 Å². The Balaban J connectivity index is 1.99. The fraction of sp³-hybridized carbons (Fsp3) is 0.176. The highest BCUT2D eigenvalue weighted by atomic mass is 35.5. The van der Waals surface area contributed by atoms with Gasteiger partial charge in [0, 0.05) is 5.56 Å². The first kappa shape index (κ1) is 15.8. The molecule has 116 valence electrons. The Labute approximate surface area is 142 Å². The van der Waals surface area contributed by atoms with Gasteiger partial charge in [0.25, 0.3) is 5.91 Å². The van der Waals surface area contributed by atoms with Crippen LogP contribution >= 0.6 is 22.9 Å². The smallest absolute Gasteiger partial charge is 0.265 e. The van der Waals surface area contributed by atoms with Crippen molar-refractivity contribution in [3.8, 4) is 12.3 Å². The normalized spacial score (nSPS) is 19.5. The second-order valence-electron chi connectivity index (χ2n) is 5.18. The van der Waals surface area contributed by atoms with Crippen molar-refractivity contribution in [1.29, 1.82) is 0 Å². The Morgan fingerprint density at radius 1 is 1.35 bits per heavy atom. The molecule has 2 aromatic rings. The van der Waals surface area contributed by atoms with Crippen LogP contribution in [0.25, 0.3) is 0 Å². The molecule has 4 nitrogen and oxygen atoms in total. The van der Waals surface area contributed by atoms with Gasteiger partial charge in [0.1, 0.15) is 0 Å². The zero-order chi connectivity index (χ0) is 16.6. The Bertz CT molecular complexity index is 838. The molecule has 1 aromatic heterocycles. The van der Waals surface area contributed by atoms with E-state index in [0.717, 1.165) is 11.3 Å². The first-order valence-corrected chi connectivity index (χ1v) is 8.02. The number of thiophene rings is 1. The predicted octanol–water partition coefficient (Wildman–Crippen LogP) is 2.84. The van der Waals surface area contributed by atoms with E-state index in [4.69, 9.17) is 18.0 Å². The highest BCUT2D eigenvalue weighted by molar-refractivity contribution is 7.18. The number of nitrogens with zero attached hydrogens (tertiary/aromatic N) is 1. The van der Waals surface area contributed by atoms with Crippen LogP contribution in [-0.4, -0.2) is 23.3 Å². The number of carbonyl (C=O) groups excluding carboxylic acids is 2. The largest absolute Gasteiger partial charge is 0.375 e. The van der Waals surface area contributed by atoms with Gasteiger partial charge >= 0.3 is 0 Å². The Morgan fingerprint density at radius 2 is 2.09 bits per heavy atom. The predicted molar refractivity (Wildman–Crippen MR) is 89.8 cm³/mol. The number of anilines is 1. The van der Waals surface area contributed by atoms with Crippen molar-refractivity contribution in [1.82, 2.24) is 0 Å².